The van der Waals surface area contributed by atoms with Gasteiger partial charge in [0.05, 0.1) is 5.25 Å². The molecule has 0 aliphatic carbocycles. The maximum absolute atomic E-state index is 15.0. The van der Waals surface area contributed by atoms with Gasteiger partial charge in [-0.05, 0) is 31.0 Å². The van der Waals surface area contributed by atoms with Crippen LogP contribution in [0.15, 0.2) is 48.5 Å². The first-order valence-electron chi connectivity index (χ1n) is 10.6. The number of rotatable bonds is 4. The number of piperazine rings is 1. The Morgan fingerprint density at radius 1 is 1.10 bits per heavy atom. The predicted molar refractivity (Wildman–Crippen MR) is 123 cm³/mol. The lowest BCUT2D eigenvalue weighted by Crippen LogP contribution is -2.48. The molecule has 0 radical (unpaired) electrons. The Kier molecular flexibility index (Phi) is 6.25. The fourth-order valence-corrected chi connectivity index (χ4v) is 6.86. The van der Waals surface area contributed by atoms with Crippen molar-refractivity contribution in [3.05, 3.63) is 65.5 Å². The zero-order valence-electron chi connectivity index (χ0n) is 17.9. The predicted octanol–water partition coefficient (Wildman–Crippen LogP) is 4.50. The van der Waals surface area contributed by atoms with Gasteiger partial charge in [-0.25, -0.2) is 4.39 Å². The highest BCUT2D eigenvalue weighted by molar-refractivity contribution is 8.22. The van der Waals surface area contributed by atoms with Gasteiger partial charge in [0, 0.05) is 56.9 Å². The standard InChI is InChI=1S/C23H30FN3O3S/c1-17-14-23(19-6-4-3-5-7-19)31(29,30)27(17)16-20-8-9-21(15-22(20)24)26-12-10-25(11-13-26)18(2)28/h3-9,15,17,23,29-30H,10-14,16H2,1-2H3/t17-,23?/m1/s1. The number of hydrogen-bond donors (Lipinski definition) is 2. The summed E-state index contributed by atoms with van der Waals surface area (Å²) in [6.45, 7) is 6.27. The zero-order valence-corrected chi connectivity index (χ0v) is 18.8. The third kappa shape index (κ3) is 4.43. The molecule has 0 aromatic heterocycles. The molecular formula is C23H30FN3O3S. The number of carbonyl (C=O) groups excluding carboxylic acids is 1. The highest BCUT2D eigenvalue weighted by Gasteiger charge is 2.44. The van der Waals surface area contributed by atoms with Crippen LogP contribution in [-0.2, 0) is 11.3 Å². The Morgan fingerprint density at radius 3 is 2.39 bits per heavy atom. The van der Waals surface area contributed by atoms with Crippen LogP contribution in [0.25, 0.3) is 0 Å². The summed E-state index contributed by atoms with van der Waals surface area (Å²) in [5, 5.41) is -0.372. The monoisotopic (exact) mass is 447 g/mol. The van der Waals surface area contributed by atoms with Gasteiger partial charge in [0.15, 0.2) is 0 Å². The van der Waals surface area contributed by atoms with Crippen molar-refractivity contribution in [2.75, 3.05) is 31.1 Å². The van der Waals surface area contributed by atoms with Crippen LogP contribution >= 0.6 is 10.8 Å². The minimum Gasteiger partial charge on any atom is -0.368 e. The largest absolute Gasteiger partial charge is 0.368 e. The Hall–Kier alpha value is -2.13. The van der Waals surface area contributed by atoms with E-state index in [1.54, 1.807) is 22.2 Å². The molecule has 1 unspecified atom stereocenters. The molecule has 0 spiro atoms. The second-order valence-electron chi connectivity index (χ2n) is 8.39. The van der Waals surface area contributed by atoms with Crippen molar-refractivity contribution in [3.63, 3.8) is 0 Å². The van der Waals surface area contributed by atoms with Gasteiger partial charge in [-0.15, -0.1) is 10.8 Å². The van der Waals surface area contributed by atoms with Crippen LogP contribution in [0.4, 0.5) is 10.1 Å². The molecule has 31 heavy (non-hydrogen) atoms. The highest BCUT2D eigenvalue weighted by atomic mass is 32.3. The molecule has 2 fully saturated rings. The summed E-state index contributed by atoms with van der Waals surface area (Å²) >= 11 is 0. The molecule has 0 saturated carbocycles. The molecular weight excluding hydrogens is 417 g/mol. The van der Waals surface area contributed by atoms with Crippen LogP contribution in [-0.4, -0.2) is 56.4 Å². The fourth-order valence-electron chi connectivity index (χ4n) is 4.53. The van der Waals surface area contributed by atoms with E-state index in [9.17, 15) is 18.3 Å². The average Bonchev–Trinajstić information content (AvgIpc) is 2.99. The number of halogens is 1. The van der Waals surface area contributed by atoms with E-state index in [1.807, 2.05) is 43.3 Å². The summed E-state index contributed by atoms with van der Waals surface area (Å²) in [4.78, 5) is 15.4. The number of nitrogens with zero attached hydrogens (tertiary/aromatic N) is 3. The molecule has 2 aromatic carbocycles. The van der Waals surface area contributed by atoms with E-state index >= 15 is 0 Å². The summed E-state index contributed by atoms with van der Waals surface area (Å²) in [5.74, 6) is -0.286. The highest BCUT2D eigenvalue weighted by Crippen LogP contribution is 2.65. The van der Waals surface area contributed by atoms with E-state index in [-0.39, 0.29) is 29.6 Å². The molecule has 2 atom stereocenters. The van der Waals surface area contributed by atoms with E-state index in [0.717, 1.165) is 11.3 Å². The molecule has 2 aromatic rings. The minimum atomic E-state index is -3.07. The maximum atomic E-state index is 15.0. The summed E-state index contributed by atoms with van der Waals surface area (Å²) in [5.41, 5.74) is 2.14. The first-order valence-corrected chi connectivity index (χ1v) is 12.2. The van der Waals surface area contributed by atoms with Crippen LogP contribution in [0, 0.1) is 5.82 Å². The van der Waals surface area contributed by atoms with E-state index in [0.29, 0.717) is 38.2 Å². The lowest BCUT2D eigenvalue weighted by molar-refractivity contribution is -0.129. The van der Waals surface area contributed by atoms with Crippen molar-refractivity contribution < 1.29 is 18.3 Å². The molecule has 4 rings (SSSR count). The Balaban J connectivity index is 1.48. The second kappa shape index (κ2) is 8.78. The first-order chi connectivity index (χ1) is 14.8. The lowest BCUT2D eigenvalue weighted by atomic mass is 10.1. The topological polar surface area (TPSA) is 67.3 Å². The lowest BCUT2D eigenvalue weighted by Gasteiger charge is -2.42. The Labute approximate surface area is 184 Å². The third-order valence-corrected chi connectivity index (χ3v) is 8.81. The zero-order chi connectivity index (χ0) is 22.2. The average molecular weight is 448 g/mol. The van der Waals surface area contributed by atoms with Crippen LogP contribution < -0.4 is 4.90 Å². The Bertz CT molecular complexity index is 935. The SMILES string of the molecule is CC(=O)N1CCN(c2ccc(CN3[C@H](C)CC(c4ccccc4)S3(O)O)c(F)c2)CC1. The fraction of sp³-hybridized carbons (Fsp3) is 0.435. The summed E-state index contributed by atoms with van der Waals surface area (Å²) in [7, 11) is -3.07. The van der Waals surface area contributed by atoms with Crippen LogP contribution in [0.1, 0.15) is 36.6 Å². The van der Waals surface area contributed by atoms with Crippen molar-refractivity contribution in [3.8, 4) is 0 Å². The van der Waals surface area contributed by atoms with Crippen molar-refractivity contribution >= 4 is 22.4 Å². The van der Waals surface area contributed by atoms with E-state index in [2.05, 4.69) is 4.90 Å². The smallest absolute Gasteiger partial charge is 0.219 e. The van der Waals surface area contributed by atoms with Gasteiger partial charge in [0.2, 0.25) is 5.91 Å². The number of anilines is 1. The van der Waals surface area contributed by atoms with E-state index in [1.165, 1.54) is 6.07 Å². The first kappa shape index (κ1) is 22.1. The van der Waals surface area contributed by atoms with Gasteiger partial charge in [-0.3, -0.25) is 13.9 Å². The van der Waals surface area contributed by atoms with Crippen LogP contribution in [0.2, 0.25) is 0 Å². The quantitative estimate of drug-likeness (QED) is 0.723. The third-order valence-electron chi connectivity index (χ3n) is 6.40. The summed E-state index contributed by atoms with van der Waals surface area (Å²) in [6, 6.07) is 14.6. The maximum Gasteiger partial charge on any atom is 0.219 e. The number of carbonyl (C=O) groups is 1. The molecule has 2 aliphatic heterocycles. The van der Waals surface area contributed by atoms with Crippen LogP contribution in [0.5, 0.6) is 0 Å². The van der Waals surface area contributed by atoms with Crippen LogP contribution in [0.3, 0.4) is 0 Å². The van der Waals surface area contributed by atoms with Gasteiger partial charge >= 0.3 is 0 Å². The molecule has 2 heterocycles. The van der Waals surface area contributed by atoms with Crippen molar-refractivity contribution in [2.24, 2.45) is 0 Å². The number of amides is 1. The molecule has 8 heteroatoms. The van der Waals surface area contributed by atoms with Gasteiger partial charge in [0.25, 0.3) is 0 Å². The Morgan fingerprint density at radius 2 is 1.77 bits per heavy atom. The normalized spacial score (nSPS) is 24.9. The molecule has 2 saturated heterocycles. The molecule has 2 aliphatic rings. The van der Waals surface area contributed by atoms with Gasteiger partial charge < -0.3 is 9.80 Å². The van der Waals surface area contributed by atoms with Gasteiger partial charge in [-0.1, -0.05) is 36.4 Å². The molecule has 1 amide bonds. The summed E-state index contributed by atoms with van der Waals surface area (Å²) < 4.78 is 38.7. The summed E-state index contributed by atoms with van der Waals surface area (Å²) in [6.07, 6.45) is 0.618. The molecule has 2 N–H and O–H groups in total. The van der Waals surface area contributed by atoms with Crippen molar-refractivity contribution in [1.82, 2.24) is 9.21 Å². The van der Waals surface area contributed by atoms with E-state index < -0.39 is 10.8 Å². The van der Waals surface area contributed by atoms with Gasteiger partial charge in [0.1, 0.15) is 5.82 Å². The van der Waals surface area contributed by atoms with Crippen molar-refractivity contribution in [1.29, 1.82) is 0 Å². The number of hydrogen-bond acceptors (Lipinski definition) is 5. The molecule has 0 bridgehead atoms. The van der Waals surface area contributed by atoms with Crippen molar-refractivity contribution in [2.45, 2.75) is 38.1 Å². The molecule has 168 valence electrons. The van der Waals surface area contributed by atoms with Gasteiger partial charge in [-0.2, -0.15) is 4.31 Å². The number of benzene rings is 2. The van der Waals surface area contributed by atoms with E-state index in [4.69, 9.17) is 0 Å². The molecule has 6 nitrogen and oxygen atoms in total. The second-order valence-corrected chi connectivity index (χ2v) is 10.5. The minimum absolute atomic E-state index is 0.0636.